The molecule has 158 valence electrons. The molecule has 2 aromatic carbocycles. The van der Waals surface area contributed by atoms with Crippen molar-refractivity contribution in [2.45, 2.75) is 19.3 Å². The highest BCUT2D eigenvalue weighted by Gasteiger charge is 2.26. The van der Waals surface area contributed by atoms with Crippen LogP contribution < -0.4 is 9.80 Å². The topological polar surface area (TPSA) is 69.9 Å². The first-order valence-electron chi connectivity index (χ1n) is 10.4. The highest BCUT2D eigenvalue weighted by atomic mass is 79.9. The van der Waals surface area contributed by atoms with Gasteiger partial charge in [0.25, 0.3) is 11.6 Å². The van der Waals surface area contributed by atoms with Crippen molar-refractivity contribution in [1.82, 2.24) is 4.90 Å². The molecule has 1 amide bonds. The maximum Gasteiger partial charge on any atom is 0.292 e. The van der Waals surface area contributed by atoms with Crippen LogP contribution in [0.1, 0.15) is 29.6 Å². The van der Waals surface area contributed by atoms with E-state index in [9.17, 15) is 14.9 Å². The zero-order valence-electron chi connectivity index (χ0n) is 16.8. The maximum absolute atomic E-state index is 12.8. The lowest BCUT2D eigenvalue weighted by atomic mass is 10.1. The van der Waals surface area contributed by atoms with Crippen LogP contribution in [-0.2, 0) is 0 Å². The van der Waals surface area contributed by atoms with E-state index in [0.29, 0.717) is 37.4 Å². The van der Waals surface area contributed by atoms with Crippen LogP contribution in [0.5, 0.6) is 0 Å². The summed E-state index contributed by atoms with van der Waals surface area (Å²) in [6.07, 6.45) is 3.31. The number of amides is 1. The van der Waals surface area contributed by atoms with Crippen molar-refractivity contribution in [2.75, 3.05) is 49.1 Å². The van der Waals surface area contributed by atoms with E-state index in [1.165, 1.54) is 6.42 Å². The Labute approximate surface area is 184 Å². The molecule has 7 nitrogen and oxygen atoms in total. The molecule has 0 aromatic heterocycles. The van der Waals surface area contributed by atoms with Crippen molar-refractivity contribution >= 4 is 38.9 Å². The summed E-state index contributed by atoms with van der Waals surface area (Å²) in [5.74, 6) is 0.0358. The number of hydrogen-bond donors (Lipinski definition) is 0. The van der Waals surface area contributed by atoms with Gasteiger partial charge in [0.2, 0.25) is 0 Å². The monoisotopic (exact) mass is 472 g/mol. The summed E-state index contributed by atoms with van der Waals surface area (Å²) < 4.78 is 0.892. The second kappa shape index (κ2) is 9.04. The van der Waals surface area contributed by atoms with Crippen LogP contribution in [0.15, 0.2) is 46.9 Å². The number of halogens is 1. The van der Waals surface area contributed by atoms with Crippen molar-refractivity contribution in [3.8, 4) is 0 Å². The Balaban J connectivity index is 1.48. The van der Waals surface area contributed by atoms with Gasteiger partial charge in [-0.1, -0.05) is 22.0 Å². The molecule has 2 aromatic rings. The Kier molecular flexibility index (Phi) is 6.22. The first-order chi connectivity index (χ1) is 14.5. The van der Waals surface area contributed by atoms with Crippen molar-refractivity contribution in [3.05, 3.63) is 62.6 Å². The lowest BCUT2D eigenvalue weighted by Crippen LogP contribution is -2.48. The average Bonchev–Trinajstić information content (AvgIpc) is 2.79. The molecular weight excluding hydrogens is 448 g/mol. The van der Waals surface area contributed by atoms with Crippen LogP contribution in [0.25, 0.3) is 0 Å². The summed E-state index contributed by atoms with van der Waals surface area (Å²) >= 11 is 3.42. The first-order valence-corrected chi connectivity index (χ1v) is 11.2. The van der Waals surface area contributed by atoms with Gasteiger partial charge in [-0.15, -0.1) is 0 Å². The molecule has 2 heterocycles. The number of carbonyl (C=O) groups excluding carboxylic acids is 1. The number of carbonyl (C=O) groups is 1. The molecule has 0 saturated carbocycles. The maximum atomic E-state index is 12.8. The molecule has 0 radical (unpaired) electrons. The summed E-state index contributed by atoms with van der Waals surface area (Å²) in [6, 6.07) is 12.9. The molecule has 0 aliphatic carbocycles. The minimum atomic E-state index is -0.289. The van der Waals surface area contributed by atoms with E-state index < -0.39 is 0 Å². The van der Waals surface area contributed by atoms with Crippen LogP contribution in [0, 0.1) is 10.1 Å². The van der Waals surface area contributed by atoms with Crippen molar-refractivity contribution < 1.29 is 9.72 Å². The lowest BCUT2D eigenvalue weighted by Gasteiger charge is -2.37. The Morgan fingerprint density at radius 3 is 2.30 bits per heavy atom. The third-order valence-electron chi connectivity index (χ3n) is 5.86. The number of hydrogen-bond acceptors (Lipinski definition) is 5. The number of piperidine rings is 1. The predicted molar refractivity (Wildman–Crippen MR) is 121 cm³/mol. The minimum absolute atomic E-state index is 0.0358. The summed E-state index contributed by atoms with van der Waals surface area (Å²) in [5.41, 5.74) is 2.55. The SMILES string of the molecule is O=C(c1cccc(Br)c1)N1CCN(c2ccc([N+](=O)[O-])c(N3CCCCC3)c2)CC1. The molecule has 0 unspecified atom stereocenters. The van der Waals surface area contributed by atoms with Crippen molar-refractivity contribution in [1.29, 1.82) is 0 Å². The van der Waals surface area contributed by atoms with Gasteiger partial charge in [-0.05, 0) is 49.6 Å². The number of nitro groups is 1. The quantitative estimate of drug-likeness (QED) is 0.489. The molecule has 2 saturated heterocycles. The van der Waals surface area contributed by atoms with E-state index in [-0.39, 0.29) is 16.5 Å². The first kappa shape index (κ1) is 20.7. The molecule has 2 fully saturated rings. The van der Waals surface area contributed by atoms with Gasteiger partial charge < -0.3 is 14.7 Å². The highest BCUT2D eigenvalue weighted by molar-refractivity contribution is 9.10. The highest BCUT2D eigenvalue weighted by Crippen LogP contribution is 2.34. The summed E-state index contributed by atoms with van der Waals surface area (Å²) in [5, 5.41) is 11.5. The van der Waals surface area contributed by atoms with E-state index in [1.807, 2.05) is 41.3 Å². The van der Waals surface area contributed by atoms with E-state index >= 15 is 0 Å². The van der Waals surface area contributed by atoms with Gasteiger partial charge >= 0.3 is 0 Å². The second-order valence-corrected chi connectivity index (χ2v) is 8.68. The second-order valence-electron chi connectivity index (χ2n) is 7.77. The minimum Gasteiger partial charge on any atom is -0.368 e. The summed E-state index contributed by atoms with van der Waals surface area (Å²) in [4.78, 5) is 30.3. The van der Waals surface area contributed by atoms with E-state index in [4.69, 9.17) is 0 Å². The van der Waals surface area contributed by atoms with Gasteiger partial charge in [0, 0.05) is 61.1 Å². The van der Waals surface area contributed by atoms with Crippen LogP contribution in [0.2, 0.25) is 0 Å². The zero-order valence-corrected chi connectivity index (χ0v) is 18.4. The summed E-state index contributed by atoms with van der Waals surface area (Å²) in [6.45, 7) is 4.38. The lowest BCUT2D eigenvalue weighted by molar-refractivity contribution is -0.384. The van der Waals surface area contributed by atoms with Crippen molar-refractivity contribution in [3.63, 3.8) is 0 Å². The summed E-state index contributed by atoms with van der Waals surface area (Å²) in [7, 11) is 0. The van der Waals surface area contributed by atoms with Gasteiger partial charge in [0.15, 0.2) is 0 Å². The normalized spacial score (nSPS) is 17.2. The van der Waals surface area contributed by atoms with Crippen LogP contribution >= 0.6 is 15.9 Å². The molecule has 0 spiro atoms. The Morgan fingerprint density at radius 1 is 0.900 bits per heavy atom. The van der Waals surface area contributed by atoms with Crippen LogP contribution in [-0.4, -0.2) is 55.0 Å². The molecule has 0 bridgehead atoms. The third kappa shape index (κ3) is 4.43. The fourth-order valence-electron chi connectivity index (χ4n) is 4.22. The van der Waals surface area contributed by atoms with Crippen molar-refractivity contribution in [2.24, 2.45) is 0 Å². The predicted octanol–water partition coefficient (Wildman–Crippen LogP) is 4.31. The van der Waals surface area contributed by atoms with E-state index in [2.05, 4.69) is 25.7 Å². The van der Waals surface area contributed by atoms with Gasteiger partial charge in [-0.25, -0.2) is 0 Å². The van der Waals surface area contributed by atoms with E-state index in [1.54, 1.807) is 6.07 Å². The fraction of sp³-hybridized carbons (Fsp3) is 0.409. The van der Waals surface area contributed by atoms with Gasteiger partial charge in [0.1, 0.15) is 5.69 Å². The number of rotatable bonds is 4. The number of nitrogens with zero attached hydrogens (tertiary/aromatic N) is 4. The molecule has 0 atom stereocenters. The number of nitro benzene ring substituents is 1. The largest absolute Gasteiger partial charge is 0.368 e. The average molecular weight is 473 g/mol. The molecule has 0 N–H and O–H groups in total. The molecule has 2 aliphatic rings. The molecule has 4 rings (SSSR count). The van der Waals surface area contributed by atoms with Gasteiger partial charge in [-0.3, -0.25) is 14.9 Å². The Hall–Kier alpha value is -2.61. The Bertz CT molecular complexity index is 938. The smallest absolute Gasteiger partial charge is 0.292 e. The third-order valence-corrected chi connectivity index (χ3v) is 6.35. The molecular formula is C22H25BrN4O3. The molecule has 2 aliphatic heterocycles. The standard InChI is InChI=1S/C22H25BrN4O3/c23-18-6-4-5-17(15-18)22(28)26-13-11-24(12-14-26)19-7-8-20(27(29)30)21(16-19)25-9-2-1-3-10-25/h4-8,15-16H,1-3,9-14H2. The number of benzene rings is 2. The van der Waals surface area contributed by atoms with Gasteiger partial charge in [-0.2, -0.15) is 0 Å². The fourth-order valence-corrected chi connectivity index (χ4v) is 4.62. The van der Waals surface area contributed by atoms with Gasteiger partial charge in [0.05, 0.1) is 4.92 Å². The van der Waals surface area contributed by atoms with E-state index in [0.717, 1.165) is 36.1 Å². The van der Waals surface area contributed by atoms with Crippen LogP contribution in [0.3, 0.4) is 0 Å². The van der Waals surface area contributed by atoms with Crippen LogP contribution in [0.4, 0.5) is 17.1 Å². The number of piperazine rings is 1. The Morgan fingerprint density at radius 2 is 1.63 bits per heavy atom. The number of anilines is 2. The zero-order chi connectivity index (χ0) is 21.1. The molecule has 30 heavy (non-hydrogen) atoms. The molecule has 8 heteroatoms.